The summed E-state index contributed by atoms with van der Waals surface area (Å²) in [5.41, 5.74) is 7.68. The lowest BCUT2D eigenvalue weighted by atomic mass is 9.96. The summed E-state index contributed by atoms with van der Waals surface area (Å²) in [5, 5.41) is 0. The molecule has 1 aromatic carbocycles. The van der Waals surface area contributed by atoms with Crippen LogP contribution in [0.25, 0.3) is 0 Å². The van der Waals surface area contributed by atoms with E-state index < -0.39 is 0 Å². The van der Waals surface area contributed by atoms with Crippen LogP contribution >= 0.6 is 0 Å². The van der Waals surface area contributed by atoms with Gasteiger partial charge < -0.3 is 0 Å². The summed E-state index contributed by atoms with van der Waals surface area (Å²) in [5.74, 6) is 0. The highest BCUT2D eigenvalue weighted by molar-refractivity contribution is 6.00. The predicted molar refractivity (Wildman–Crippen MR) is 80.0 cm³/mol. The molecule has 1 aliphatic carbocycles. The maximum atomic E-state index is 4.87. The van der Waals surface area contributed by atoms with E-state index in [9.17, 15) is 0 Å². The Morgan fingerprint density at radius 1 is 1.06 bits per heavy atom. The molecule has 1 aliphatic rings. The molecule has 96 valence electrons. The second-order valence-electron chi connectivity index (χ2n) is 5.42. The van der Waals surface area contributed by atoms with E-state index in [0.717, 1.165) is 5.69 Å². The van der Waals surface area contributed by atoms with E-state index in [0.29, 0.717) is 0 Å². The first kappa shape index (κ1) is 13.1. The van der Waals surface area contributed by atoms with Crippen molar-refractivity contribution >= 4 is 11.4 Å². The lowest BCUT2D eigenvalue weighted by Crippen LogP contribution is -2.02. The minimum atomic E-state index is 1.16. The SMILES string of the molecule is CC(=Nc1c(C)cc(C)cc1C)C1=CCCCC1. The number of rotatable bonds is 2. The van der Waals surface area contributed by atoms with Crippen LogP contribution in [0, 0.1) is 20.8 Å². The van der Waals surface area contributed by atoms with Gasteiger partial charge in [-0.05, 0) is 70.1 Å². The van der Waals surface area contributed by atoms with Crippen molar-refractivity contribution in [1.29, 1.82) is 0 Å². The van der Waals surface area contributed by atoms with E-state index in [1.54, 1.807) is 0 Å². The molecule has 0 unspecified atom stereocenters. The Balaban J connectivity index is 2.35. The third-order valence-electron chi connectivity index (χ3n) is 3.67. The number of hydrogen-bond donors (Lipinski definition) is 0. The monoisotopic (exact) mass is 241 g/mol. The Morgan fingerprint density at radius 3 is 2.28 bits per heavy atom. The maximum absolute atomic E-state index is 4.87. The molecule has 0 spiro atoms. The minimum absolute atomic E-state index is 1.16. The van der Waals surface area contributed by atoms with Gasteiger partial charge in [-0.15, -0.1) is 0 Å². The van der Waals surface area contributed by atoms with E-state index >= 15 is 0 Å². The zero-order valence-electron chi connectivity index (χ0n) is 12.0. The molecule has 0 radical (unpaired) electrons. The van der Waals surface area contributed by atoms with Crippen molar-refractivity contribution in [2.75, 3.05) is 0 Å². The lowest BCUT2D eigenvalue weighted by molar-refractivity contribution is 0.717. The van der Waals surface area contributed by atoms with Crippen LogP contribution in [0.2, 0.25) is 0 Å². The first-order valence-corrected chi connectivity index (χ1v) is 6.90. The predicted octanol–water partition coefficient (Wildman–Crippen LogP) is 5.20. The van der Waals surface area contributed by atoms with Gasteiger partial charge in [0, 0.05) is 5.71 Å². The molecule has 0 heterocycles. The standard InChI is InChI=1S/C17H23N/c1-12-10-13(2)17(14(3)11-12)18-15(4)16-8-6-5-7-9-16/h8,10-11H,5-7,9H2,1-4H3. The normalized spacial score (nSPS) is 16.7. The van der Waals surface area contributed by atoms with Crippen LogP contribution < -0.4 is 0 Å². The van der Waals surface area contributed by atoms with Gasteiger partial charge in [0.2, 0.25) is 0 Å². The van der Waals surface area contributed by atoms with Crippen LogP contribution in [0.3, 0.4) is 0 Å². The van der Waals surface area contributed by atoms with Crippen LogP contribution in [0.4, 0.5) is 5.69 Å². The average Bonchev–Trinajstić information content (AvgIpc) is 2.34. The second-order valence-corrected chi connectivity index (χ2v) is 5.42. The zero-order chi connectivity index (χ0) is 13.1. The van der Waals surface area contributed by atoms with Crippen molar-refractivity contribution in [1.82, 2.24) is 0 Å². The molecule has 1 nitrogen and oxygen atoms in total. The fraction of sp³-hybridized carbons (Fsp3) is 0.471. The third-order valence-corrected chi connectivity index (χ3v) is 3.67. The van der Waals surface area contributed by atoms with Gasteiger partial charge in [0.05, 0.1) is 5.69 Å². The van der Waals surface area contributed by atoms with Gasteiger partial charge in [-0.25, -0.2) is 0 Å². The number of hydrogen-bond acceptors (Lipinski definition) is 1. The lowest BCUT2D eigenvalue weighted by Gasteiger charge is -2.14. The Hall–Kier alpha value is -1.37. The molecule has 0 saturated carbocycles. The molecule has 0 atom stereocenters. The van der Waals surface area contributed by atoms with Gasteiger partial charge >= 0.3 is 0 Å². The van der Waals surface area contributed by atoms with Crippen molar-refractivity contribution in [3.05, 3.63) is 40.5 Å². The molecular weight excluding hydrogens is 218 g/mol. The van der Waals surface area contributed by atoms with Gasteiger partial charge in [0.1, 0.15) is 0 Å². The topological polar surface area (TPSA) is 12.4 Å². The quantitative estimate of drug-likeness (QED) is 0.631. The van der Waals surface area contributed by atoms with E-state index in [1.807, 2.05) is 0 Å². The first-order valence-electron chi connectivity index (χ1n) is 6.90. The molecule has 0 aromatic heterocycles. The van der Waals surface area contributed by atoms with Crippen LogP contribution in [0.5, 0.6) is 0 Å². The van der Waals surface area contributed by atoms with Crippen molar-refractivity contribution in [2.24, 2.45) is 4.99 Å². The Bertz CT molecular complexity index is 483. The van der Waals surface area contributed by atoms with Crippen molar-refractivity contribution in [3.8, 4) is 0 Å². The van der Waals surface area contributed by atoms with E-state index in [-0.39, 0.29) is 0 Å². The number of allylic oxidation sites excluding steroid dienone is 2. The average molecular weight is 241 g/mol. The molecule has 1 aromatic rings. The van der Waals surface area contributed by atoms with Crippen molar-refractivity contribution < 1.29 is 0 Å². The molecule has 0 N–H and O–H groups in total. The Labute approximate surface area is 111 Å². The molecule has 0 fully saturated rings. The summed E-state index contributed by atoms with van der Waals surface area (Å²) in [7, 11) is 0. The molecule has 0 amide bonds. The largest absolute Gasteiger partial charge is 0.253 e. The maximum Gasteiger partial charge on any atom is 0.0691 e. The van der Waals surface area contributed by atoms with E-state index in [1.165, 1.54) is 53.7 Å². The number of aryl methyl sites for hydroxylation is 3. The van der Waals surface area contributed by atoms with Crippen molar-refractivity contribution in [2.45, 2.75) is 53.4 Å². The highest BCUT2D eigenvalue weighted by Crippen LogP contribution is 2.27. The summed E-state index contributed by atoms with van der Waals surface area (Å²) < 4.78 is 0. The van der Waals surface area contributed by atoms with Gasteiger partial charge in [-0.1, -0.05) is 23.8 Å². The van der Waals surface area contributed by atoms with Gasteiger partial charge in [-0.3, -0.25) is 4.99 Å². The summed E-state index contributed by atoms with van der Waals surface area (Å²) in [6.07, 6.45) is 7.42. The molecule has 0 saturated heterocycles. The van der Waals surface area contributed by atoms with Crippen LogP contribution in [-0.2, 0) is 0 Å². The number of aliphatic imine (C=N–C) groups is 1. The summed E-state index contributed by atoms with van der Waals surface area (Å²) in [6, 6.07) is 4.43. The highest BCUT2D eigenvalue weighted by Gasteiger charge is 2.08. The third kappa shape index (κ3) is 2.90. The molecule has 2 rings (SSSR count). The highest BCUT2D eigenvalue weighted by atomic mass is 14.8. The van der Waals surface area contributed by atoms with Crippen LogP contribution in [0.1, 0.15) is 49.3 Å². The van der Waals surface area contributed by atoms with Crippen LogP contribution in [-0.4, -0.2) is 5.71 Å². The molecule has 18 heavy (non-hydrogen) atoms. The Kier molecular flexibility index (Phi) is 4.00. The number of benzene rings is 1. The van der Waals surface area contributed by atoms with Crippen molar-refractivity contribution in [3.63, 3.8) is 0 Å². The smallest absolute Gasteiger partial charge is 0.0691 e. The summed E-state index contributed by atoms with van der Waals surface area (Å²) in [6.45, 7) is 8.60. The molecule has 1 heteroatoms. The summed E-state index contributed by atoms with van der Waals surface area (Å²) >= 11 is 0. The van der Waals surface area contributed by atoms with Gasteiger partial charge in [0.25, 0.3) is 0 Å². The molecule has 0 bridgehead atoms. The second kappa shape index (κ2) is 5.51. The minimum Gasteiger partial charge on any atom is -0.253 e. The van der Waals surface area contributed by atoms with E-state index in [4.69, 9.17) is 4.99 Å². The first-order chi connectivity index (χ1) is 8.58. The molecular formula is C17H23N. The van der Waals surface area contributed by atoms with Crippen LogP contribution in [0.15, 0.2) is 28.8 Å². The van der Waals surface area contributed by atoms with E-state index in [2.05, 4.69) is 45.9 Å². The fourth-order valence-corrected chi connectivity index (χ4v) is 2.76. The summed E-state index contributed by atoms with van der Waals surface area (Å²) in [4.78, 5) is 4.87. The number of nitrogens with zero attached hydrogens (tertiary/aromatic N) is 1. The zero-order valence-corrected chi connectivity index (χ0v) is 12.0. The van der Waals surface area contributed by atoms with Gasteiger partial charge in [0.15, 0.2) is 0 Å². The van der Waals surface area contributed by atoms with Gasteiger partial charge in [-0.2, -0.15) is 0 Å². The molecule has 0 aliphatic heterocycles. The Morgan fingerprint density at radius 2 is 1.72 bits per heavy atom. The fourth-order valence-electron chi connectivity index (χ4n) is 2.76.